The number of esters is 2. The van der Waals surface area contributed by atoms with Crippen molar-refractivity contribution in [3.05, 3.63) is 250 Å². The highest BCUT2D eigenvalue weighted by Gasteiger charge is 2.13. The summed E-state index contributed by atoms with van der Waals surface area (Å²) in [6.45, 7) is 18.0. The molecule has 0 saturated carbocycles. The first-order chi connectivity index (χ1) is 46.7. The Kier molecular flexibility index (Phi) is 43.5. The number of carbonyl (C=O) groups is 7. The Morgan fingerprint density at radius 3 is 1.21 bits per heavy atom. The van der Waals surface area contributed by atoms with Gasteiger partial charge in [-0.1, -0.05) is 177 Å². The molecule has 13 N–H and O–H groups in total. The number of H-pyrrole nitrogens is 2. The molecule has 0 radical (unpaired) electrons. The first-order valence-corrected chi connectivity index (χ1v) is 30.9. The van der Waals surface area contributed by atoms with E-state index >= 15 is 0 Å². The number of aliphatic hydroxyl groups excluding tert-OH is 1. The number of anilines is 4. The lowest BCUT2D eigenvalue weighted by Gasteiger charge is -2.10. The van der Waals surface area contributed by atoms with Crippen molar-refractivity contribution in [1.29, 1.82) is 5.26 Å². The second-order valence-electron chi connectivity index (χ2n) is 18.7. The van der Waals surface area contributed by atoms with Crippen LogP contribution in [0, 0.1) is 11.3 Å². The molecule has 2 aromatic heterocycles. The van der Waals surface area contributed by atoms with E-state index in [0.29, 0.717) is 45.9 Å². The highest BCUT2D eigenvalue weighted by Crippen LogP contribution is 2.22. The molecule has 10 rings (SSSR count). The first-order valence-electron chi connectivity index (χ1n) is 30.9. The standard InChI is InChI=1S/C16H16N2O3.C16H14N2O2.C15H12N2O2.C8H10N2O2.C8H8O2.C2H3N.C2H4O2.4C2H6/c1-21-16(20)12-7-8-13(17)14(10-12)18-15(19)9-11-5-3-2-4-6-11;19-10-15(20)12-6-7-13-14(9-12)18-16(17-13)8-11-4-2-1-3-5-11;18-15(19)11-6-7-12-13(9-11)17-14(16-12)8-10-4-2-1-3-5-10;1-12-8(11)5-2-3-6(9)7(10)4-5;9-8(10)6-7-4-2-1-3-5-7;1-2-3;1-2(3)4;4*1-2/h2-8,10H,9,17H2,1H3,(H,18,19);1-7,9,19H,8,10H2,(H,17,18);1-7,9H,8H2,(H,16,17)(H,18,19);2-4H,9-10H2,1H3;1-5H,6H2,(H,9,10);1H3;1H3,(H,3,4);4*1-2H3. The summed E-state index contributed by atoms with van der Waals surface area (Å²) in [4.78, 5) is 91.3. The quantitative estimate of drug-likeness (QED) is 0.0275. The fraction of sp³-hybridized carbons (Fsp3) is 0.227. The van der Waals surface area contributed by atoms with E-state index in [1.807, 2.05) is 165 Å². The lowest BCUT2D eigenvalue weighted by molar-refractivity contribution is -0.136. The van der Waals surface area contributed by atoms with E-state index in [2.05, 4.69) is 34.7 Å². The molecule has 22 heteroatoms. The number of amides is 1. The number of ketones is 1. The zero-order chi connectivity index (χ0) is 73.3. The van der Waals surface area contributed by atoms with Crippen LogP contribution in [0.5, 0.6) is 0 Å². The minimum Gasteiger partial charge on any atom is -0.481 e. The molecule has 10 aromatic rings. The SMILES string of the molecule is CC.CC.CC.CC.CC#N.CC(=O)O.COC(=O)c1ccc(N)c(N)c1.COC(=O)c1ccc(N)c(NC(=O)Cc2ccccc2)c1.O=C(CO)c1ccc2nc(Cc3ccccc3)[nH]c2c1.O=C(O)Cc1ccccc1.O=C(O)c1ccc2nc(Cc3ccccc3)[nH]c2c1. The van der Waals surface area contributed by atoms with Crippen molar-refractivity contribution >= 4 is 86.4 Å². The number of imidazole rings is 2. The number of aromatic carboxylic acids is 1. The van der Waals surface area contributed by atoms with Gasteiger partial charge in [0.05, 0.1) is 94.6 Å². The highest BCUT2D eigenvalue weighted by atomic mass is 16.5. The molecule has 0 unspecified atom stereocenters. The summed E-state index contributed by atoms with van der Waals surface area (Å²) >= 11 is 0. The monoisotopic (exact) mass is 1330 g/mol. The van der Waals surface area contributed by atoms with Crippen LogP contribution >= 0.6 is 0 Å². The van der Waals surface area contributed by atoms with Gasteiger partial charge in [-0.05, 0) is 95.1 Å². The topological polar surface area (TPSA) is 390 Å². The Morgan fingerprint density at radius 2 is 0.835 bits per heavy atom. The van der Waals surface area contributed by atoms with Crippen molar-refractivity contribution in [3.63, 3.8) is 0 Å². The minimum absolute atomic E-state index is 0.112. The number of nitrogens with zero attached hydrogens (tertiary/aromatic N) is 3. The number of aliphatic hydroxyl groups is 1. The van der Waals surface area contributed by atoms with Crippen LogP contribution in [0.4, 0.5) is 22.7 Å². The van der Waals surface area contributed by atoms with E-state index in [0.717, 1.165) is 58.2 Å². The molecule has 0 atom stereocenters. The molecule has 514 valence electrons. The third-order valence-electron chi connectivity index (χ3n) is 11.9. The molecule has 22 nitrogen and oxygen atoms in total. The van der Waals surface area contributed by atoms with Gasteiger partial charge in [-0.3, -0.25) is 19.2 Å². The van der Waals surface area contributed by atoms with Crippen molar-refractivity contribution in [1.82, 2.24) is 19.9 Å². The predicted octanol–water partition coefficient (Wildman–Crippen LogP) is 14.1. The number of rotatable bonds is 14. The maximum Gasteiger partial charge on any atom is 0.337 e. The molecule has 0 aliphatic rings. The molecule has 0 bridgehead atoms. The Hall–Kier alpha value is -12.0. The number of nitrogens with two attached hydrogens (primary N) is 3. The number of hydrogen-bond donors (Lipinski definition) is 10. The summed E-state index contributed by atoms with van der Waals surface area (Å²) in [6.07, 6.45) is 1.78. The van der Waals surface area contributed by atoms with Crippen molar-refractivity contribution in [3.8, 4) is 6.07 Å². The number of fused-ring (bicyclic) bond motifs is 2. The first kappa shape index (κ1) is 85.0. The van der Waals surface area contributed by atoms with Gasteiger partial charge in [-0.2, -0.15) is 5.26 Å². The molecule has 97 heavy (non-hydrogen) atoms. The van der Waals surface area contributed by atoms with E-state index in [4.69, 9.17) is 47.7 Å². The zero-order valence-corrected chi connectivity index (χ0v) is 57.0. The van der Waals surface area contributed by atoms with Gasteiger partial charge in [0, 0.05) is 32.3 Å². The van der Waals surface area contributed by atoms with E-state index in [-0.39, 0.29) is 30.1 Å². The second-order valence-corrected chi connectivity index (χ2v) is 18.7. The number of ether oxygens (including phenoxy) is 2. The van der Waals surface area contributed by atoms with Crippen LogP contribution < -0.4 is 22.5 Å². The van der Waals surface area contributed by atoms with E-state index in [9.17, 15) is 28.8 Å². The lowest BCUT2D eigenvalue weighted by Crippen LogP contribution is -2.16. The molecule has 0 fully saturated rings. The molecule has 1 amide bonds. The summed E-state index contributed by atoms with van der Waals surface area (Å²) in [7, 11) is 2.61. The molecule has 0 aliphatic heterocycles. The molecular formula is C75H91N9O13. The van der Waals surface area contributed by atoms with Gasteiger partial charge in [-0.15, -0.1) is 0 Å². The van der Waals surface area contributed by atoms with Crippen molar-refractivity contribution < 1.29 is 63.5 Å². The zero-order valence-electron chi connectivity index (χ0n) is 57.0. The number of aliphatic carboxylic acids is 2. The third-order valence-corrected chi connectivity index (χ3v) is 11.9. The number of nitriles is 1. The van der Waals surface area contributed by atoms with E-state index in [1.54, 1.807) is 78.9 Å². The largest absolute Gasteiger partial charge is 0.481 e. The number of aromatic nitrogens is 4. The summed E-state index contributed by atoms with van der Waals surface area (Å²) in [6, 6.07) is 59.7. The van der Waals surface area contributed by atoms with Crippen LogP contribution in [-0.2, 0) is 49.5 Å². The minimum atomic E-state index is -0.930. The van der Waals surface area contributed by atoms with Crippen LogP contribution in [0.25, 0.3) is 22.1 Å². The third kappa shape index (κ3) is 33.4. The van der Waals surface area contributed by atoms with E-state index < -0.39 is 36.5 Å². The number of carbonyl (C=O) groups excluding carboxylic acids is 4. The molecule has 8 aromatic carbocycles. The fourth-order valence-electron chi connectivity index (χ4n) is 7.74. The fourth-order valence-corrected chi connectivity index (χ4v) is 7.74. The summed E-state index contributed by atoms with van der Waals surface area (Å²) in [5, 5.41) is 43.6. The Balaban J connectivity index is 0.00000115. The van der Waals surface area contributed by atoms with Crippen molar-refractivity contribution in [2.75, 3.05) is 43.3 Å². The van der Waals surface area contributed by atoms with Crippen LogP contribution in [0.1, 0.15) is 145 Å². The lowest BCUT2D eigenvalue weighted by atomic mass is 10.1. The average Bonchev–Trinajstić information content (AvgIpc) is 1.73. The number of benzene rings is 8. The van der Waals surface area contributed by atoms with Gasteiger partial charge < -0.3 is 62.4 Å². The molecule has 0 spiro atoms. The number of nitrogen functional groups attached to an aromatic ring is 3. The van der Waals surface area contributed by atoms with E-state index in [1.165, 1.54) is 44.4 Å². The number of carboxylic acids is 3. The number of aromatic amines is 2. The predicted molar refractivity (Wildman–Crippen MR) is 384 cm³/mol. The van der Waals surface area contributed by atoms with Crippen LogP contribution in [0.3, 0.4) is 0 Å². The molecule has 0 saturated heterocycles. The van der Waals surface area contributed by atoms with Gasteiger partial charge in [0.1, 0.15) is 18.3 Å². The Bertz CT molecular complexity index is 3980. The number of methoxy groups -OCH3 is 2. The number of Topliss-reactive ketones (excluding diaryl/α,β-unsaturated/α-hetero) is 1. The maximum absolute atomic E-state index is 12.0. The van der Waals surface area contributed by atoms with Crippen LogP contribution in [0.2, 0.25) is 0 Å². The van der Waals surface area contributed by atoms with Gasteiger partial charge in [0.15, 0.2) is 5.78 Å². The molecule has 2 heterocycles. The molecule has 0 aliphatic carbocycles. The highest BCUT2D eigenvalue weighted by molar-refractivity contribution is 6.00. The average molecular weight is 1330 g/mol. The molecular weight excluding hydrogens is 1230 g/mol. The number of carboxylic acid groups (broad SMARTS) is 3. The summed E-state index contributed by atoms with van der Waals surface area (Å²) in [5.41, 5.74) is 27.2. The Labute approximate surface area is 567 Å². The van der Waals surface area contributed by atoms with Crippen LogP contribution in [0.15, 0.2) is 194 Å². The number of nitrogens with one attached hydrogen (secondary N) is 3. The van der Waals surface area contributed by atoms with Gasteiger partial charge in [0.25, 0.3) is 5.97 Å². The summed E-state index contributed by atoms with van der Waals surface area (Å²) < 4.78 is 9.14. The van der Waals surface area contributed by atoms with Crippen molar-refractivity contribution in [2.45, 2.75) is 94.9 Å². The van der Waals surface area contributed by atoms with Gasteiger partial charge in [-0.25, -0.2) is 24.4 Å². The van der Waals surface area contributed by atoms with Crippen LogP contribution in [-0.4, -0.2) is 103 Å². The maximum atomic E-state index is 12.0. The van der Waals surface area contributed by atoms with Crippen molar-refractivity contribution in [2.24, 2.45) is 0 Å². The second kappa shape index (κ2) is 49.6. The number of hydrogen-bond acceptors (Lipinski definition) is 16. The Morgan fingerprint density at radius 1 is 0.485 bits per heavy atom. The smallest absolute Gasteiger partial charge is 0.337 e. The normalized spacial score (nSPS) is 9.20. The van der Waals surface area contributed by atoms with Gasteiger partial charge >= 0.3 is 23.9 Å². The summed E-state index contributed by atoms with van der Waals surface area (Å²) in [5.74, 6) is -2.23. The van der Waals surface area contributed by atoms with Gasteiger partial charge in [0.2, 0.25) is 5.91 Å².